The van der Waals surface area contributed by atoms with Gasteiger partial charge in [0.2, 0.25) is 0 Å². The van der Waals surface area contributed by atoms with Crippen LogP contribution in [0.3, 0.4) is 0 Å². The summed E-state index contributed by atoms with van der Waals surface area (Å²) >= 11 is 0. The second-order valence-electron chi connectivity index (χ2n) is 3.93. The van der Waals surface area contributed by atoms with E-state index < -0.39 is 0 Å². The van der Waals surface area contributed by atoms with Crippen molar-refractivity contribution in [2.45, 2.75) is 31.8 Å². The third-order valence-electron chi connectivity index (χ3n) is 2.16. The fourth-order valence-electron chi connectivity index (χ4n) is 1.69. The molecule has 2 heteroatoms. The minimum Gasteiger partial charge on any atom is -0.316 e. The van der Waals surface area contributed by atoms with Crippen molar-refractivity contribution in [3.05, 3.63) is 0 Å². The van der Waals surface area contributed by atoms with E-state index in [4.69, 9.17) is 0 Å². The molecule has 0 radical (unpaired) electrons. The van der Waals surface area contributed by atoms with E-state index in [1.165, 1.54) is 19.4 Å². The molecule has 1 heterocycles. The summed E-state index contributed by atoms with van der Waals surface area (Å²) < 4.78 is 0. The molecule has 0 aromatic rings. The Bertz CT molecular complexity index is 112. The lowest BCUT2D eigenvalue weighted by molar-refractivity contribution is 0.470. The first-order chi connectivity index (χ1) is 4.60. The minimum absolute atomic E-state index is 0.440. The molecule has 3 atom stereocenters. The van der Waals surface area contributed by atoms with Gasteiger partial charge in [0.25, 0.3) is 0 Å². The Balaban J connectivity index is 2.46. The van der Waals surface area contributed by atoms with Gasteiger partial charge in [-0.25, -0.2) is 0 Å². The molecule has 0 saturated carbocycles. The van der Waals surface area contributed by atoms with Gasteiger partial charge < -0.3 is 5.32 Å². The van der Waals surface area contributed by atoms with Crippen LogP contribution in [0.5, 0.6) is 0 Å². The molecular formula is C8H18NP. The standard InChI is InChI=1S/C8H18NP/c1-7-3-4-9-6-8(2,10)5-7/h7,9H,3-6,10H2,1-2H3. The van der Waals surface area contributed by atoms with Gasteiger partial charge in [0.15, 0.2) is 0 Å². The Morgan fingerprint density at radius 2 is 2.30 bits per heavy atom. The average molecular weight is 159 g/mol. The van der Waals surface area contributed by atoms with Crippen LogP contribution < -0.4 is 5.32 Å². The van der Waals surface area contributed by atoms with Gasteiger partial charge in [0.1, 0.15) is 0 Å². The molecule has 60 valence electrons. The van der Waals surface area contributed by atoms with Crippen molar-refractivity contribution in [1.82, 2.24) is 5.32 Å². The lowest BCUT2D eigenvalue weighted by atomic mass is 9.96. The topological polar surface area (TPSA) is 12.0 Å². The lowest BCUT2D eigenvalue weighted by Gasteiger charge is -2.23. The zero-order valence-corrected chi connectivity index (χ0v) is 8.14. The average Bonchev–Trinajstić information content (AvgIpc) is 1.90. The van der Waals surface area contributed by atoms with E-state index in [0.29, 0.717) is 5.16 Å². The summed E-state index contributed by atoms with van der Waals surface area (Å²) in [7, 11) is 2.96. The summed E-state index contributed by atoms with van der Waals surface area (Å²) in [6.45, 7) is 7.01. The number of rotatable bonds is 0. The maximum absolute atomic E-state index is 3.45. The van der Waals surface area contributed by atoms with Gasteiger partial charge in [-0.1, -0.05) is 13.8 Å². The van der Waals surface area contributed by atoms with Crippen molar-refractivity contribution in [1.29, 1.82) is 0 Å². The normalized spacial score (nSPS) is 42.9. The molecule has 1 rings (SSSR count). The van der Waals surface area contributed by atoms with Gasteiger partial charge in [-0.2, -0.15) is 0 Å². The number of hydrogen-bond acceptors (Lipinski definition) is 1. The molecule has 0 aromatic heterocycles. The van der Waals surface area contributed by atoms with Crippen molar-refractivity contribution in [2.24, 2.45) is 5.92 Å². The second-order valence-corrected chi connectivity index (χ2v) is 5.32. The van der Waals surface area contributed by atoms with E-state index >= 15 is 0 Å². The minimum atomic E-state index is 0.440. The van der Waals surface area contributed by atoms with Crippen LogP contribution in [0.25, 0.3) is 0 Å². The van der Waals surface area contributed by atoms with Crippen LogP contribution in [0.4, 0.5) is 0 Å². The molecule has 0 aliphatic carbocycles. The predicted molar refractivity (Wildman–Crippen MR) is 49.4 cm³/mol. The summed E-state index contributed by atoms with van der Waals surface area (Å²) in [6, 6.07) is 0. The SMILES string of the molecule is CC1CCNCC(C)(P)C1. The Kier molecular flexibility index (Phi) is 2.71. The molecule has 1 aliphatic heterocycles. The summed E-state index contributed by atoms with van der Waals surface area (Å²) in [5.74, 6) is 0.887. The molecule has 10 heavy (non-hydrogen) atoms. The van der Waals surface area contributed by atoms with Crippen molar-refractivity contribution in [3.8, 4) is 0 Å². The zero-order valence-electron chi connectivity index (χ0n) is 6.98. The van der Waals surface area contributed by atoms with Gasteiger partial charge in [-0.05, 0) is 30.5 Å². The Hall–Kier alpha value is 0.390. The molecule has 1 nitrogen and oxygen atoms in total. The first-order valence-electron chi connectivity index (χ1n) is 4.10. The van der Waals surface area contributed by atoms with Crippen LogP contribution in [-0.4, -0.2) is 18.2 Å². The van der Waals surface area contributed by atoms with Gasteiger partial charge in [-0.15, -0.1) is 9.24 Å². The van der Waals surface area contributed by atoms with Crippen LogP contribution in [0, 0.1) is 5.92 Å². The smallest absolute Gasteiger partial charge is 0.00398 e. The monoisotopic (exact) mass is 159 g/mol. The maximum atomic E-state index is 3.45. The van der Waals surface area contributed by atoms with Crippen LogP contribution in [0.15, 0.2) is 0 Å². The van der Waals surface area contributed by atoms with E-state index in [9.17, 15) is 0 Å². The third-order valence-corrected chi connectivity index (χ3v) is 2.60. The first-order valence-corrected chi connectivity index (χ1v) is 4.67. The molecule has 1 aliphatic rings. The molecule has 0 bridgehead atoms. The summed E-state index contributed by atoms with van der Waals surface area (Å²) in [4.78, 5) is 0. The lowest BCUT2D eigenvalue weighted by Crippen LogP contribution is -2.30. The van der Waals surface area contributed by atoms with Crippen molar-refractivity contribution < 1.29 is 0 Å². The van der Waals surface area contributed by atoms with Crippen molar-refractivity contribution in [2.75, 3.05) is 13.1 Å². The van der Waals surface area contributed by atoms with E-state index in [-0.39, 0.29) is 0 Å². The van der Waals surface area contributed by atoms with Crippen LogP contribution in [0.1, 0.15) is 26.7 Å². The van der Waals surface area contributed by atoms with E-state index in [1.807, 2.05) is 0 Å². The molecular weight excluding hydrogens is 141 g/mol. The molecule has 0 aromatic carbocycles. The van der Waals surface area contributed by atoms with Gasteiger partial charge in [-0.3, -0.25) is 0 Å². The summed E-state index contributed by atoms with van der Waals surface area (Å²) in [5, 5.41) is 3.89. The highest BCUT2D eigenvalue weighted by atomic mass is 31.0. The fraction of sp³-hybridized carbons (Fsp3) is 1.00. The highest BCUT2D eigenvalue weighted by molar-refractivity contribution is 7.19. The van der Waals surface area contributed by atoms with Crippen LogP contribution >= 0.6 is 9.24 Å². The Morgan fingerprint density at radius 3 is 3.00 bits per heavy atom. The Labute approximate surface area is 66.2 Å². The molecule has 0 spiro atoms. The highest BCUT2D eigenvalue weighted by Gasteiger charge is 2.23. The van der Waals surface area contributed by atoms with E-state index in [0.717, 1.165) is 12.5 Å². The number of nitrogens with one attached hydrogen (secondary N) is 1. The highest BCUT2D eigenvalue weighted by Crippen LogP contribution is 2.28. The Morgan fingerprint density at radius 1 is 1.60 bits per heavy atom. The molecule has 1 saturated heterocycles. The van der Waals surface area contributed by atoms with Gasteiger partial charge in [0, 0.05) is 6.54 Å². The second kappa shape index (κ2) is 3.19. The molecule has 1 N–H and O–H groups in total. The van der Waals surface area contributed by atoms with E-state index in [1.54, 1.807) is 0 Å². The third kappa shape index (κ3) is 2.56. The quantitative estimate of drug-likeness (QED) is 0.530. The fourth-order valence-corrected chi connectivity index (χ4v) is 2.24. The van der Waals surface area contributed by atoms with Crippen molar-refractivity contribution in [3.63, 3.8) is 0 Å². The molecule has 3 unspecified atom stereocenters. The zero-order chi connectivity index (χ0) is 7.61. The van der Waals surface area contributed by atoms with Crippen molar-refractivity contribution >= 4 is 9.24 Å². The van der Waals surface area contributed by atoms with E-state index in [2.05, 4.69) is 28.4 Å². The number of hydrogen-bond donors (Lipinski definition) is 1. The van der Waals surface area contributed by atoms with Gasteiger partial charge in [0.05, 0.1) is 0 Å². The summed E-state index contributed by atoms with van der Waals surface area (Å²) in [6.07, 6.45) is 2.68. The largest absolute Gasteiger partial charge is 0.316 e. The first kappa shape index (κ1) is 8.49. The molecule has 0 amide bonds. The predicted octanol–water partition coefficient (Wildman–Crippen LogP) is 1.64. The van der Waals surface area contributed by atoms with Crippen LogP contribution in [-0.2, 0) is 0 Å². The molecule has 1 fully saturated rings. The van der Waals surface area contributed by atoms with Gasteiger partial charge >= 0.3 is 0 Å². The summed E-state index contributed by atoms with van der Waals surface area (Å²) in [5.41, 5.74) is 0. The maximum Gasteiger partial charge on any atom is 0.00398 e. The van der Waals surface area contributed by atoms with Crippen LogP contribution in [0.2, 0.25) is 0 Å².